The van der Waals surface area contributed by atoms with Gasteiger partial charge in [0.15, 0.2) is 0 Å². The monoisotopic (exact) mass is 364 g/mol. The topological polar surface area (TPSA) is 138 Å². The molecule has 24 heavy (non-hydrogen) atoms. The predicted molar refractivity (Wildman–Crippen MR) is 89.6 cm³/mol. The van der Waals surface area contributed by atoms with Gasteiger partial charge in [-0.15, -0.1) is 0 Å². The van der Waals surface area contributed by atoms with E-state index < -0.39 is 33.2 Å². The summed E-state index contributed by atoms with van der Waals surface area (Å²) >= 11 is 0. The van der Waals surface area contributed by atoms with Gasteiger partial charge in [-0.3, -0.25) is 9.35 Å². The number of nitrogens with two attached hydrogens (primary N) is 1. The van der Waals surface area contributed by atoms with E-state index in [1.54, 1.807) is 0 Å². The Bertz CT molecular complexity index is 491. The van der Waals surface area contributed by atoms with E-state index in [4.69, 9.17) is 5.73 Å². The first-order valence-electron chi connectivity index (χ1n) is 8.64. The van der Waals surface area contributed by atoms with Gasteiger partial charge in [-0.05, 0) is 6.42 Å². The molecule has 0 aliphatic heterocycles. The maximum absolute atomic E-state index is 11.4. The molecule has 0 bridgehead atoms. The van der Waals surface area contributed by atoms with E-state index >= 15 is 0 Å². The van der Waals surface area contributed by atoms with Crippen LogP contribution in [-0.2, 0) is 19.7 Å². The molecule has 8 heteroatoms. The SMILES string of the molecule is CCCCCCCCCCCCC(CC(N)=O)(C(=O)[O-])S(=O)(=O)O. The summed E-state index contributed by atoms with van der Waals surface area (Å²) in [4.78, 5) is 22.2. The minimum absolute atomic E-state index is 0.261. The van der Waals surface area contributed by atoms with Gasteiger partial charge in [-0.25, -0.2) is 0 Å². The lowest BCUT2D eigenvalue weighted by molar-refractivity contribution is -0.309. The van der Waals surface area contributed by atoms with E-state index in [9.17, 15) is 27.7 Å². The molecule has 0 radical (unpaired) electrons. The lowest BCUT2D eigenvalue weighted by Crippen LogP contribution is -2.55. The van der Waals surface area contributed by atoms with E-state index in [0.717, 1.165) is 25.7 Å². The van der Waals surface area contributed by atoms with Crippen molar-refractivity contribution < 1.29 is 27.7 Å². The average molecular weight is 364 g/mol. The van der Waals surface area contributed by atoms with E-state index in [0.29, 0.717) is 6.42 Å². The molecule has 0 rings (SSSR count). The number of aliphatic carboxylic acids is 1. The van der Waals surface area contributed by atoms with Crippen LogP contribution in [0, 0.1) is 0 Å². The number of carbonyl (C=O) groups is 2. The van der Waals surface area contributed by atoms with E-state index in [-0.39, 0.29) is 12.8 Å². The van der Waals surface area contributed by atoms with Crippen LogP contribution < -0.4 is 10.8 Å². The second-order valence-corrected chi connectivity index (χ2v) is 8.06. The zero-order chi connectivity index (χ0) is 18.6. The highest BCUT2D eigenvalue weighted by Gasteiger charge is 2.45. The number of primary amides is 1. The van der Waals surface area contributed by atoms with Crippen LogP contribution in [0.25, 0.3) is 0 Å². The standard InChI is InChI=1S/C16H31NO6S/c1-2-3-4-5-6-7-8-9-10-11-12-16(15(19)20,13-14(17)18)24(21,22)23/h2-13H2,1H3,(H2,17,18)(H,19,20)(H,21,22,23)/p-1. The van der Waals surface area contributed by atoms with Crippen molar-refractivity contribution in [3.63, 3.8) is 0 Å². The number of hydrogen-bond donors (Lipinski definition) is 2. The molecular weight excluding hydrogens is 334 g/mol. The first-order chi connectivity index (χ1) is 11.2. The van der Waals surface area contributed by atoms with Crippen LogP contribution in [0.5, 0.6) is 0 Å². The van der Waals surface area contributed by atoms with Crippen molar-refractivity contribution in [3.8, 4) is 0 Å². The Hall–Kier alpha value is -1.15. The smallest absolute Gasteiger partial charge is 0.276 e. The number of rotatable bonds is 15. The fourth-order valence-corrected chi connectivity index (χ4v) is 3.71. The van der Waals surface area contributed by atoms with Crippen LogP contribution in [0.2, 0.25) is 0 Å². The molecule has 1 unspecified atom stereocenters. The van der Waals surface area contributed by atoms with Crippen molar-refractivity contribution in [2.24, 2.45) is 5.73 Å². The summed E-state index contributed by atoms with van der Waals surface area (Å²) in [6, 6.07) is 0. The van der Waals surface area contributed by atoms with Crippen molar-refractivity contribution in [2.45, 2.75) is 88.7 Å². The van der Waals surface area contributed by atoms with Gasteiger partial charge >= 0.3 is 0 Å². The van der Waals surface area contributed by atoms with Gasteiger partial charge < -0.3 is 15.6 Å². The van der Waals surface area contributed by atoms with Crippen LogP contribution >= 0.6 is 0 Å². The molecule has 0 saturated carbocycles. The molecule has 0 aliphatic carbocycles. The molecule has 0 saturated heterocycles. The molecular formula is C16H30NO6S-. The van der Waals surface area contributed by atoms with Crippen LogP contribution in [-0.4, -0.2) is 29.6 Å². The fourth-order valence-electron chi connectivity index (χ4n) is 2.77. The molecule has 0 aromatic rings. The van der Waals surface area contributed by atoms with Gasteiger partial charge in [-0.2, -0.15) is 8.42 Å². The first-order valence-corrected chi connectivity index (χ1v) is 10.1. The highest BCUT2D eigenvalue weighted by molar-refractivity contribution is 7.88. The molecule has 7 nitrogen and oxygen atoms in total. The summed E-state index contributed by atoms with van der Waals surface area (Å²) < 4.78 is 29.5. The van der Waals surface area contributed by atoms with Crippen LogP contribution in [0.4, 0.5) is 0 Å². The zero-order valence-electron chi connectivity index (χ0n) is 14.5. The zero-order valence-corrected chi connectivity index (χ0v) is 15.3. The Balaban J connectivity index is 4.26. The molecule has 0 aromatic carbocycles. The lowest BCUT2D eigenvalue weighted by atomic mass is 9.95. The van der Waals surface area contributed by atoms with Gasteiger partial charge in [0.25, 0.3) is 10.1 Å². The van der Waals surface area contributed by atoms with Gasteiger partial charge in [0.1, 0.15) is 4.75 Å². The summed E-state index contributed by atoms with van der Waals surface area (Å²) in [7, 11) is -4.99. The van der Waals surface area contributed by atoms with Gasteiger partial charge in [0.05, 0.1) is 12.4 Å². The number of carboxylic acids is 1. The third-order valence-corrected chi connectivity index (χ3v) is 5.76. The predicted octanol–water partition coefficient (Wildman–Crippen LogP) is 1.55. The number of amides is 1. The molecule has 0 aromatic heterocycles. The summed E-state index contributed by atoms with van der Waals surface area (Å²) in [5, 5.41) is 11.2. The Morgan fingerprint density at radius 3 is 1.71 bits per heavy atom. The Kier molecular flexibility index (Phi) is 10.9. The third kappa shape index (κ3) is 8.10. The Morgan fingerprint density at radius 1 is 0.958 bits per heavy atom. The van der Waals surface area contributed by atoms with Crippen LogP contribution in [0.15, 0.2) is 0 Å². The van der Waals surface area contributed by atoms with E-state index in [1.165, 1.54) is 25.7 Å². The molecule has 1 amide bonds. The number of unbranched alkanes of at least 4 members (excludes halogenated alkanes) is 9. The molecule has 0 aliphatic rings. The van der Waals surface area contributed by atoms with E-state index in [1.807, 2.05) is 0 Å². The second kappa shape index (κ2) is 11.4. The van der Waals surface area contributed by atoms with Gasteiger partial charge in [0, 0.05) is 0 Å². The van der Waals surface area contributed by atoms with Crippen molar-refractivity contribution in [3.05, 3.63) is 0 Å². The van der Waals surface area contributed by atoms with Crippen molar-refractivity contribution >= 4 is 22.0 Å². The molecule has 3 N–H and O–H groups in total. The summed E-state index contributed by atoms with van der Waals surface area (Å²) in [5.74, 6) is -3.09. The number of carboxylic acid groups (broad SMARTS) is 1. The number of carbonyl (C=O) groups excluding carboxylic acids is 2. The summed E-state index contributed by atoms with van der Waals surface area (Å²) in [6.45, 7) is 2.16. The van der Waals surface area contributed by atoms with Crippen LogP contribution in [0.3, 0.4) is 0 Å². The quantitative estimate of drug-likeness (QED) is 0.334. The molecule has 1 atom stereocenters. The normalized spacial score (nSPS) is 14.2. The highest BCUT2D eigenvalue weighted by Crippen LogP contribution is 2.28. The fraction of sp³-hybridized carbons (Fsp3) is 0.875. The molecule has 142 valence electrons. The Labute approximate surface area is 144 Å². The van der Waals surface area contributed by atoms with Gasteiger partial charge in [0.2, 0.25) is 5.91 Å². The largest absolute Gasteiger partial charge is 0.548 e. The molecule has 0 spiro atoms. The minimum Gasteiger partial charge on any atom is -0.548 e. The van der Waals surface area contributed by atoms with E-state index in [2.05, 4.69) is 6.92 Å². The number of hydrogen-bond acceptors (Lipinski definition) is 5. The average Bonchev–Trinajstić information content (AvgIpc) is 2.46. The maximum atomic E-state index is 11.4. The van der Waals surface area contributed by atoms with Crippen LogP contribution in [0.1, 0.15) is 84.0 Å². The van der Waals surface area contributed by atoms with Crippen molar-refractivity contribution in [2.75, 3.05) is 0 Å². The van der Waals surface area contributed by atoms with Crippen molar-refractivity contribution in [1.29, 1.82) is 0 Å². The highest BCUT2D eigenvalue weighted by atomic mass is 32.2. The third-order valence-electron chi connectivity index (χ3n) is 4.26. The summed E-state index contributed by atoms with van der Waals surface area (Å²) in [5.41, 5.74) is 4.93. The Morgan fingerprint density at radius 2 is 1.38 bits per heavy atom. The van der Waals surface area contributed by atoms with Crippen molar-refractivity contribution in [1.82, 2.24) is 0 Å². The first kappa shape index (κ1) is 22.9. The minimum atomic E-state index is -4.99. The lowest BCUT2D eigenvalue weighted by Gasteiger charge is -2.30. The summed E-state index contributed by atoms with van der Waals surface area (Å²) in [6.07, 6.45) is 8.53. The van der Waals surface area contributed by atoms with Gasteiger partial charge in [-0.1, -0.05) is 71.1 Å². The second-order valence-electron chi connectivity index (χ2n) is 6.33. The molecule has 0 heterocycles. The maximum Gasteiger partial charge on any atom is 0.276 e. The molecule has 0 fully saturated rings.